The number of anilines is 3. The van der Waals surface area contributed by atoms with E-state index in [0.29, 0.717) is 42.3 Å². The molecular formula is C23H26N4O4S. The van der Waals surface area contributed by atoms with Crippen molar-refractivity contribution in [2.24, 2.45) is 0 Å². The summed E-state index contributed by atoms with van der Waals surface area (Å²) >= 11 is 0. The fourth-order valence-corrected chi connectivity index (χ4v) is 5.34. The van der Waals surface area contributed by atoms with Crippen LogP contribution in [0.3, 0.4) is 0 Å². The first-order valence-electron chi connectivity index (χ1n) is 10.6. The van der Waals surface area contributed by atoms with E-state index in [1.54, 1.807) is 36.5 Å². The van der Waals surface area contributed by atoms with E-state index in [9.17, 15) is 13.2 Å². The van der Waals surface area contributed by atoms with Gasteiger partial charge in [0.05, 0.1) is 11.4 Å². The van der Waals surface area contributed by atoms with Gasteiger partial charge in [0.15, 0.2) is 6.10 Å². The van der Waals surface area contributed by atoms with Gasteiger partial charge in [-0.15, -0.1) is 0 Å². The second-order valence-corrected chi connectivity index (χ2v) is 9.76. The molecule has 0 bridgehead atoms. The summed E-state index contributed by atoms with van der Waals surface area (Å²) in [5.41, 5.74) is 7.14. The molecule has 0 saturated carbocycles. The number of hydrogen-bond donors (Lipinski definition) is 2. The molecule has 1 aliphatic heterocycles. The highest BCUT2D eigenvalue weighted by atomic mass is 32.2. The molecule has 1 saturated heterocycles. The minimum Gasteiger partial charge on any atom is -0.481 e. The number of amides is 1. The number of nitrogens with one attached hydrogen (secondary N) is 1. The molecule has 9 heteroatoms. The van der Waals surface area contributed by atoms with E-state index in [1.165, 1.54) is 4.31 Å². The van der Waals surface area contributed by atoms with Crippen LogP contribution in [0.15, 0.2) is 54.7 Å². The Morgan fingerprint density at radius 3 is 2.69 bits per heavy atom. The van der Waals surface area contributed by atoms with Crippen LogP contribution in [-0.2, 0) is 14.8 Å². The summed E-state index contributed by atoms with van der Waals surface area (Å²) in [5, 5.41) is 4.58. The monoisotopic (exact) mass is 454 g/mol. The third-order valence-corrected chi connectivity index (χ3v) is 7.28. The van der Waals surface area contributed by atoms with Gasteiger partial charge in [0, 0.05) is 23.8 Å². The van der Waals surface area contributed by atoms with Crippen molar-refractivity contribution < 1.29 is 17.9 Å². The smallest absolute Gasteiger partial charge is 0.265 e. The minimum absolute atomic E-state index is 0.165. The first kappa shape index (κ1) is 21.9. The van der Waals surface area contributed by atoms with Gasteiger partial charge in [-0.05, 0) is 60.7 Å². The van der Waals surface area contributed by atoms with Crippen molar-refractivity contribution in [2.45, 2.75) is 32.3 Å². The third-order valence-electron chi connectivity index (χ3n) is 5.41. The van der Waals surface area contributed by atoms with Gasteiger partial charge < -0.3 is 15.8 Å². The molecule has 3 N–H and O–H groups in total. The first-order chi connectivity index (χ1) is 15.4. The normalized spacial score (nSPS) is 16.1. The zero-order chi connectivity index (χ0) is 22.7. The number of nitrogen functional groups attached to an aromatic ring is 1. The van der Waals surface area contributed by atoms with Gasteiger partial charge >= 0.3 is 0 Å². The van der Waals surface area contributed by atoms with E-state index in [1.807, 2.05) is 25.1 Å². The molecule has 168 valence electrons. The first-order valence-corrected chi connectivity index (χ1v) is 12.2. The highest BCUT2D eigenvalue weighted by Crippen LogP contribution is 2.27. The summed E-state index contributed by atoms with van der Waals surface area (Å²) in [7, 11) is -3.24. The molecule has 1 aliphatic rings. The lowest BCUT2D eigenvalue weighted by Crippen LogP contribution is -2.33. The number of rotatable bonds is 7. The molecule has 2 aromatic carbocycles. The molecule has 8 nitrogen and oxygen atoms in total. The fourth-order valence-electron chi connectivity index (χ4n) is 3.78. The zero-order valence-corrected chi connectivity index (χ0v) is 18.6. The Labute approximate surface area is 187 Å². The van der Waals surface area contributed by atoms with Crippen LogP contribution in [0.5, 0.6) is 5.75 Å². The standard InChI is InChI=1S/C23H26N4O4S/c1-2-4-21(31-19-10-5-16-11-12-25-22(24)20(16)15-19)23(28)26-17-6-8-18(9-7-17)27-13-3-14-32(27,29)30/h5-12,15,21H,2-4,13-14H2,1H3,(H2,24,25)(H,26,28). The van der Waals surface area contributed by atoms with Crippen LogP contribution in [0.1, 0.15) is 26.2 Å². The van der Waals surface area contributed by atoms with Crippen LogP contribution < -0.4 is 20.1 Å². The summed E-state index contributed by atoms with van der Waals surface area (Å²) in [4.78, 5) is 17.0. The lowest BCUT2D eigenvalue weighted by molar-refractivity contribution is -0.123. The highest BCUT2D eigenvalue weighted by Gasteiger charge is 2.28. The number of benzene rings is 2. The summed E-state index contributed by atoms with van der Waals surface area (Å²) in [6.45, 7) is 2.46. The maximum Gasteiger partial charge on any atom is 0.265 e. The summed E-state index contributed by atoms with van der Waals surface area (Å²) in [6.07, 6.45) is 2.88. The summed E-state index contributed by atoms with van der Waals surface area (Å²) in [6, 6.07) is 14.2. The van der Waals surface area contributed by atoms with Crippen LogP contribution in [0, 0.1) is 0 Å². The Hall–Kier alpha value is -3.33. The maximum absolute atomic E-state index is 12.9. The predicted molar refractivity (Wildman–Crippen MR) is 126 cm³/mol. The van der Waals surface area contributed by atoms with Crippen LogP contribution in [-0.4, -0.2) is 37.7 Å². The summed E-state index contributed by atoms with van der Waals surface area (Å²) in [5.74, 6) is 0.843. The van der Waals surface area contributed by atoms with E-state index in [-0.39, 0.29) is 11.7 Å². The van der Waals surface area contributed by atoms with Crippen LogP contribution in [0.2, 0.25) is 0 Å². The van der Waals surface area contributed by atoms with Gasteiger partial charge in [0.1, 0.15) is 11.6 Å². The van der Waals surface area contributed by atoms with E-state index >= 15 is 0 Å². The number of hydrogen-bond acceptors (Lipinski definition) is 6. The third kappa shape index (κ3) is 4.62. The Bertz CT molecular complexity index is 1230. The number of nitrogens with zero attached hydrogens (tertiary/aromatic N) is 2. The van der Waals surface area contributed by atoms with Crippen LogP contribution in [0.25, 0.3) is 10.8 Å². The number of carbonyl (C=O) groups excluding carboxylic acids is 1. The molecule has 0 spiro atoms. The fraction of sp³-hybridized carbons (Fsp3) is 0.304. The van der Waals surface area contributed by atoms with E-state index in [4.69, 9.17) is 10.5 Å². The lowest BCUT2D eigenvalue weighted by atomic mass is 10.1. The topological polar surface area (TPSA) is 115 Å². The SMILES string of the molecule is CCCC(Oc1ccc2ccnc(N)c2c1)C(=O)Nc1ccc(N2CCCS2(=O)=O)cc1. The molecular weight excluding hydrogens is 428 g/mol. The Morgan fingerprint density at radius 2 is 2.00 bits per heavy atom. The minimum atomic E-state index is -3.24. The van der Waals surface area contributed by atoms with Gasteiger partial charge in [-0.25, -0.2) is 13.4 Å². The molecule has 1 atom stereocenters. The van der Waals surface area contributed by atoms with Crippen molar-refractivity contribution >= 4 is 43.9 Å². The second kappa shape index (κ2) is 9.04. The number of carbonyl (C=O) groups is 1. The van der Waals surface area contributed by atoms with Crippen LogP contribution >= 0.6 is 0 Å². The van der Waals surface area contributed by atoms with Gasteiger partial charge in [0.25, 0.3) is 5.91 Å². The molecule has 1 unspecified atom stereocenters. The van der Waals surface area contributed by atoms with Crippen molar-refractivity contribution in [2.75, 3.05) is 27.7 Å². The molecule has 3 aromatic rings. The van der Waals surface area contributed by atoms with E-state index in [2.05, 4.69) is 10.3 Å². The Morgan fingerprint density at radius 1 is 1.22 bits per heavy atom. The molecule has 0 radical (unpaired) electrons. The lowest BCUT2D eigenvalue weighted by Gasteiger charge is -2.20. The molecule has 0 aliphatic carbocycles. The van der Waals surface area contributed by atoms with E-state index in [0.717, 1.165) is 17.2 Å². The number of sulfonamides is 1. The Kier molecular flexibility index (Phi) is 6.18. The average Bonchev–Trinajstić information content (AvgIpc) is 3.13. The van der Waals surface area contributed by atoms with Crippen molar-refractivity contribution in [3.63, 3.8) is 0 Å². The molecule has 1 amide bonds. The maximum atomic E-state index is 12.9. The van der Waals surface area contributed by atoms with Crippen molar-refractivity contribution in [1.29, 1.82) is 0 Å². The molecule has 1 aromatic heterocycles. The molecule has 32 heavy (non-hydrogen) atoms. The van der Waals surface area contributed by atoms with Crippen LogP contribution in [0.4, 0.5) is 17.2 Å². The van der Waals surface area contributed by atoms with Gasteiger partial charge in [0.2, 0.25) is 10.0 Å². The van der Waals surface area contributed by atoms with E-state index < -0.39 is 16.1 Å². The van der Waals surface area contributed by atoms with Crippen molar-refractivity contribution in [1.82, 2.24) is 4.98 Å². The molecule has 2 heterocycles. The van der Waals surface area contributed by atoms with Crippen molar-refractivity contribution in [3.8, 4) is 5.75 Å². The largest absolute Gasteiger partial charge is 0.481 e. The number of fused-ring (bicyclic) bond motifs is 1. The second-order valence-electron chi connectivity index (χ2n) is 7.75. The average molecular weight is 455 g/mol. The number of ether oxygens (including phenoxy) is 1. The quantitative estimate of drug-likeness (QED) is 0.564. The highest BCUT2D eigenvalue weighted by molar-refractivity contribution is 7.93. The number of nitrogens with two attached hydrogens (primary N) is 1. The van der Waals surface area contributed by atoms with Gasteiger partial charge in [-0.2, -0.15) is 0 Å². The number of pyridine rings is 1. The Balaban J connectivity index is 1.47. The summed E-state index contributed by atoms with van der Waals surface area (Å²) < 4.78 is 31.6. The van der Waals surface area contributed by atoms with Gasteiger partial charge in [-0.3, -0.25) is 9.10 Å². The predicted octanol–water partition coefficient (Wildman–Crippen LogP) is 3.54. The molecule has 4 rings (SSSR count). The van der Waals surface area contributed by atoms with Gasteiger partial charge in [-0.1, -0.05) is 19.4 Å². The van der Waals surface area contributed by atoms with Crippen molar-refractivity contribution in [3.05, 3.63) is 54.7 Å². The molecule has 1 fully saturated rings. The number of aromatic nitrogens is 1. The zero-order valence-electron chi connectivity index (χ0n) is 17.8.